The molecule has 15 heavy (non-hydrogen) atoms. The van der Waals surface area contributed by atoms with Crippen LogP contribution in [0.15, 0.2) is 24.3 Å². The van der Waals surface area contributed by atoms with Crippen molar-refractivity contribution in [1.82, 2.24) is 0 Å². The van der Waals surface area contributed by atoms with Gasteiger partial charge in [0, 0.05) is 24.3 Å². The maximum atomic E-state index is 4.04. The number of rotatable bonds is 2. The monoisotopic (exact) mass is 205 g/mol. The van der Waals surface area contributed by atoms with E-state index in [1.54, 1.807) is 0 Å². The third-order valence-electron chi connectivity index (χ3n) is 3.18. The van der Waals surface area contributed by atoms with Gasteiger partial charge in [-0.1, -0.05) is 12.1 Å². The van der Waals surface area contributed by atoms with Gasteiger partial charge in [-0.05, 0) is 38.3 Å². The van der Waals surface area contributed by atoms with E-state index in [1.165, 1.54) is 43.6 Å². The third-order valence-corrected chi connectivity index (χ3v) is 3.18. The molecule has 1 aromatic rings. The predicted octanol–water partition coefficient (Wildman–Crippen LogP) is 1.98. The van der Waals surface area contributed by atoms with E-state index >= 15 is 0 Å². The van der Waals surface area contributed by atoms with Crippen LogP contribution in [-0.4, -0.2) is 13.1 Å². The van der Waals surface area contributed by atoms with Gasteiger partial charge in [-0.2, -0.15) is 0 Å². The molecule has 0 radical (unpaired) electrons. The average molecular weight is 205 g/mol. The molecule has 1 atom stereocenters. The highest BCUT2D eigenvalue weighted by molar-refractivity contribution is 5.48. The summed E-state index contributed by atoms with van der Waals surface area (Å²) < 4.78 is 0. The van der Waals surface area contributed by atoms with Crippen LogP contribution in [-0.2, 0) is 0 Å². The molecule has 1 aromatic carbocycles. The molecule has 1 saturated heterocycles. The minimum atomic E-state index is 0.389. The van der Waals surface area contributed by atoms with Gasteiger partial charge in [0.2, 0.25) is 0 Å². The molecule has 0 aromatic heterocycles. The Morgan fingerprint density at radius 1 is 1.07 bits per heavy atom. The van der Waals surface area contributed by atoms with E-state index in [1.807, 2.05) is 0 Å². The van der Waals surface area contributed by atoms with Crippen LogP contribution in [0.4, 0.5) is 5.69 Å². The minimum Gasteiger partial charge on any atom is -0.372 e. The maximum absolute atomic E-state index is 4.04. The van der Waals surface area contributed by atoms with Crippen LogP contribution in [0.1, 0.15) is 37.8 Å². The predicted molar refractivity (Wildman–Crippen MR) is 63.8 cm³/mol. The summed E-state index contributed by atoms with van der Waals surface area (Å²) in [5.74, 6) is 0. The Labute approximate surface area is 92.1 Å². The van der Waals surface area contributed by atoms with Gasteiger partial charge in [0.15, 0.2) is 0 Å². The zero-order valence-electron chi connectivity index (χ0n) is 9.58. The molecule has 0 amide bonds. The highest BCUT2D eigenvalue weighted by atomic mass is 15.1. The lowest BCUT2D eigenvalue weighted by Gasteiger charge is -2.28. The van der Waals surface area contributed by atoms with Crippen LogP contribution in [0.2, 0.25) is 0 Å². The van der Waals surface area contributed by atoms with Gasteiger partial charge < -0.3 is 10.6 Å². The molecule has 2 heteroatoms. The second kappa shape index (κ2) is 4.67. The number of hydrogen-bond acceptors (Lipinski definition) is 1. The lowest BCUT2D eigenvalue weighted by atomic mass is 10.1. The van der Waals surface area contributed by atoms with Crippen LogP contribution in [0.25, 0.3) is 0 Å². The average Bonchev–Trinajstić information content (AvgIpc) is 2.30. The summed E-state index contributed by atoms with van der Waals surface area (Å²) in [6, 6.07) is 9.29. The molecule has 1 fully saturated rings. The fraction of sp³-hybridized carbons (Fsp3) is 0.538. The van der Waals surface area contributed by atoms with Gasteiger partial charge in [-0.15, -0.1) is 0 Å². The first-order chi connectivity index (χ1) is 7.27. The van der Waals surface area contributed by atoms with Gasteiger partial charge in [-0.25, -0.2) is 0 Å². The van der Waals surface area contributed by atoms with E-state index in [0.29, 0.717) is 6.04 Å². The van der Waals surface area contributed by atoms with E-state index < -0.39 is 0 Å². The lowest BCUT2D eigenvalue weighted by Crippen LogP contribution is -2.51. The molecule has 0 aliphatic carbocycles. The van der Waals surface area contributed by atoms with Gasteiger partial charge in [-0.3, -0.25) is 0 Å². The van der Waals surface area contributed by atoms with Crippen molar-refractivity contribution >= 4 is 5.69 Å². The first-order valence-electron chi connectivity index (χ1n) is 5.95. The summed E-state index contributed by atoms with van der Waals surface area (Å²) in [5, 5.41) is 0. The summed E-state index contributed by atoms with van der Waals surface area (Å²) in [7, 11) is 0. The van der Waals surface area contributed by atoms with Crippen molar-refractivity contribution in [2.24, 2.45) is 0 Å². The van der Waals surface area contributed by atoms with Crippen LogP contribution in [0.3, 0.4) is 0 Å². The largest absolute Gasteiger partial charge is 0.372 e. The lowest BCUT2D eigenvalue weighted by molar-refractivity contribution is -0.420. The van der Waals surface area contributed by atoms with Gasteiger partial charge in [0.25, 0.3) is 0 Å². The van der Waals surface area contributed by atoms with Crippen LogP contribution >= 0.6 is 0 Å². The number of piperidine rings is 1. The van der Waals surface area contributed by atoms with E-state index in [2.05, 4.69) is 41.8 Å². The summed E-state index contributed by atoms with van der Waals surface area (Å²) in [4.78, 5) is 2.49. The summed E-state index contributed by atoms with van der Waals surface area (Å²) in [5.41, 5.74) is 6.74. The van der Waals surface area contributed by atoms with Crippen LogP contribution in [0, 0.1) is 0 Å². The third kappa shape index (κ3) is 2.51. The van der Waals surface area contributed by atoms with Crippen molar-refractivity contribution < 1.29 is 5.73 Å². The number of nitrogens with zero attached hydrogens (tertiary/aromatic N) is 1. The van der Waals surface area contributed by atoms with E-state index in [-0.39, 0.29) is 0 Å². The smallest absolute Gasteiger partial charge is 0.107 e. The SMILES string of the molecule is C[C@@H]([NH3+])c1ccc(N2CCCCC2)cc1. The second-order valence-corrected chi connectivity index (χ2v) is 4.54. The molecular weight excluding hydrogens is 184 g/mol. The van der Waals surface area contributed by atoms with Crippen molar-refractivity contribution in [1.29, 1.82) is 0 Å². The van der Waals surface area contributed by atoms with Crippen molar-refractivity contribution in [3.05, 3.63) is 29.8 Å². The first-order valence-corrected chi connectivity index (χ1v) is 5.95. The van der Waals surface area contributed by atoms with Crippen molar-refractivity contribution in [2.45, 2.75) is 32.2 Å². The van der Waals surface area contributed by atoms with E-state index in [0.717, 1.165) is 0 Å². The zero-order chi connectivity index (χ0) is 10.7. The topological polar surface area (TPSA) is 30.9 Å². The molecule has 2 rings (SSSR count). The Balaban J connectivity index is 2.08. The van der Waals surface area contributed by atoms with Crippen molar-refractivity contribution in [3.8, 4) is 0 Å². The van der Waals surface area contributed by atoms with Crippen molar-refractivity contribution in [2.75, 3.05) is 18.0 Å². The Kier molecular flexibility index (Phi) is 3.27. The molecular formula is C13H21N2+. The highest BCUT2D eigenvalue weighted by Gasteiger charge is 2.11. The first kappa shape index (κ1) is 10.5. The summed E-state index contributed by atoms with van der Waals surface area (Å²) >= 11 is 0. The Morgan fingerprint density at radius 2 is 1.67 bits per heavy atom. The van der Waals surface area contributed by atoms with Gasteiger partial charge in [0.05, 0.1) is 0 Å². The fourth-order valence-electron chi connectivity index (χ4n) is 2.17. The number of hydrogen-bond donors (Lipinski definition) is 1. The molecule has 2 nitrogen and oxygen atoms in total. The minimum absolute atomic E-state index is 0.389. The molecule has 0 saturated carbocycles. The van der Waals surface area contributed by atoms with Gasteiger partial charge >= 0.3 is 0 Å². The van der Waals surface area contributed by atoms with Crippen LogP contribution in [0.5, 0.6) is 0 Å². The molecule has 1 aliphatic heterocycles. The number of quaternary nitrogens is 1. The molecule has 1 heterocycles. The molecule has 0 bridgehead atoms. The van der Waals surface area contributed by atoms with Crippen LogP contribution < -0.4 is 10.6 Å². The Hall–Kier alpha value is -1.02. The van der Waals surface area contributed by atoms with Crippen molar-refractivity contribution in [3.63, 3.8) is 0 Å². The summed E-state index contributed by atoms with van der Waals surface area (Å²) in [6.07, 6.45) is 4.07. The number of anilines is 1. The fourth-order valence-corrected chi connectivity index (χ4v) is 2.17. The molecule has 3 N–H and O–H groups in total. The Morgan fingerprint density at radius 3 is 2.20 bits per heavy atom. The quantitative estimate of drug-likeness (QED) is 0.786. The van der Waals surface area contributed by atoms with Gasteiger partial charge in [0.1, 0.15) is 6.04 Å². The maximum Gasteiger partial charge on any atom is 0.107 e. The van der Waals surface area contributed by atoms with E-state index in [4.69, 9.17) is 0 Å². The zero-order valence-corrected chi connectivity index (χ0v) is 9.58. The molecule has 0 spiro atoms. The Bertz CT molecular complexity index is 297. The molecule has 0 unspecified atom stereocenters. The summed E-state index contributed by atoms with van der Waals surface area (Å²) in [6.45, 7) is 4.58. The molecule has 1 aliphatic rings. The van der Waals surface area contributed by atoms with E-state index in [9.17, 15) is 0 Å². The number of benzene rings is 1. The highest BCUT2D eigenvalue weighted by Crippen LogP contribution is 2.21. The standard InChI is InChI=1S/C13H20N2/c1-11(14)12-5-7-13(8-6-12)15-9-3-2-4-10-15/h5-8,11H,2-4,9-10,14H2,1H3/p+1/t11-/m1/s1. The second-order valence-electron chi connectivity index (χ2n) is 4.54. The normalized spacial score (nSPS) is 18.9. The molecule has 82 valence electrons.